The molecule has 108 valence electrons. The van der Waals surface area contributed by atoms with E-state index in [1.165, 1.54) is 4.88 Å². The molecular weight excluding hydrogens is 262 g/mol. The van der Waals surface area contributed by atoms with Crippen LogP contribution in [0.25, 0.3) is 0 Å². The Labute approximate surface area is 118 Å². The zero-order valence-electron chi connectivity index (χ0n) is 11.7. The molecule has 0 amide bonds. The molecule has 19 heavy (non-hydrogen) atoms. The highest BCUT2D eigenvalue weighted by Gasteiger charge is 2.30. The second-order valence-electron chi connectivity index (χ2n) is 5.30. The van der Waals surface area contributed by atoms with E-state index in [0.717, 1.165) is 25.2 Å². The first-order valence-corrected chi connectivity index (χ1v) is 7.55. The van der Waals surface area contributed by atoms with Gasteiger partial charge in [0, 0.05) is 31.1 Å². The fourth-order valence-corrected chi connectivity index (χ4v) is 3.09. The Morgan fingerprint density at radius 2 is 2.47 bits per heavy atom. The number of aromatic nitrogens is 1. The van der Waals surface area contributed by atoms with Crippen LogP contribution in [-0.4, -0.2) is 67.0 Å². The van der Waals surface area contributed by atoms with Gasteiger partial charge in [-0.3, -0.25) is 0 Å². The van der Waals surface area contributed by atoms with Crippen LogP contribution in [0.2, 0.25) is 0 Å². The summed E-state index contributed by atoms with van der Waals surface area (Å²) in [7, 11) is 2.04. The van der Waals surface area contributed by atoms with Crippen molar-refractivity contribution < 1.29 is 9.84 Å². The number of nitrogens with zero attached hydrogens (tertiary/aromatic N) is 2. The van der Waals surface area contributed by atoms with Crippen molar-refractivity contribution in [3.05, 3.63) is 16.1 Å². The number of hydrogen-bond donors (Lipinski definition) is 2. The van der Waals surface area contributed by atoms with Gasteiger partial charge in [0.15, 0.2) is 0 Å². The van der Waals surface area contributed by atoms with Crippen LogP contribution in [0.1, 0.15) is 10.6 Å². The molecular formula is C13H23N3O2S. The van der Waals surface area contributed by atoms with E-state index < -0.39 is 5.60 Å². The number of rotatable bonds is 5. The van der Waals surface area contributed by atoms with Crippen LogP contribution < -0.4 is 5.32 Å². The first kappa shape index (κ1) is 14.9. The fraction of sp³-hybridized carbons (Fsp3) is 0.769. The molecule has 0 aromatic carbocycles. The Morgan fingerprint density at radius 1 is 1.63 bits per heavy atom. The maximum atomic E-state index is 10.5. The Balaban J connectivity index is 1.80. The second kappa shape index (κ2) is 6.76. The highest BCUT2D eigenvalue weighted by atomic mass is 32.1. The minimum atomic E-state index is -0.784. The zero-order valence-corrected chi connectivity index (χ0v) is 12.5. The summed E-state index contributed by atoms with van der Waals surface area (Å²) in [6.07, 6.45) is 0.983. The van der Waals surface area contributed by atoms with Gasteiger partial charge < -0.3 is 20.1 Å². The van der Waals surface area contributed by atoms with E-state index in [-0.39, 0.29) is 0 Å². The van der Waals surface area contributed by atoms with Crippen LogP contribution in [0.15, 0.2) is 5.51 Å². The lowest BCUT2D eigenvalue weighted by molar-refractivity contribution is -0.0448. The van der Waals surface area contributed by atoms with Gasteiger partial charge in [0.1, 0.15) is 5.60 Å². The molecule has 1 aromatic rings. The SMILES string of the molecule is Cc1ncsc1CCN(C)CC1(O)CNCCOC1. The quantitative estimate of drug-likeness (QED) is 0.814. The summed E-state index contributed by atoms with van der Waals surface area (Å²) in [5.41, 5.74) is 2.23. The standard InChI is InChI=1S/C13H23N3O2S/c1-11-12(19-10-15-11)3-5-16(2)8-13(17)7-14-4-6-18-9-13/h10,14,17H,3-9H2,1-2H3. The molecule has 1 unspecified atom stereocenters. The van der Waals surface area contributed by atoms with Gasteiger partial charge in [0.2, 0.25) is 0 Å². The molecule has 6 heteroatoms. The topological polar surface area (TPSA) is 57.6 Å². The lowest BCUT2D eigenvalue weighted by Crippen LogP contribution is -2.50. The van der Waals surface area contributed by atoms with Crippen molar-refractivity contribution >= 4 is 11.3 Å². The molecule has 1 aliphatic heterocycles. The summed E-state index contributed by atoms with van der Waals surface area (Å²) in [5.74, 6) is 0. The van der Waals surface area contributed by atoms with Crippen molar-refractivity contribution in [3.63, 3.8) is 0 Å². The molecule has 1 fully saturated rings. The average Bonchev–Trinajstić information content (AvgIpc) is 2.64. The van der Waals surface area contributed by atoms with E-state index in [2.05, 4.69) is 15.2 Å². The normalized spacial score (nSPS) is 24.6. The van der Waals surface area contributed by atoms with Crippen LogP contribution in [0.5, 0.6) is 0 Å². The van der Waals surface area contributed by atoms with Crippen LogP contribution >= 0.6 is 11.3 Å². The highest BCUT2D eigenvalue weighted by molar-refractivity contribution is 7.09. The molecule has 5 nitrogen and oxygen atoms in total. The number of nitrogens with one attached hydrogen (secondary N) is 1. The Hall–Kier alpha value is -0.530. The maximum Gasteiger partial charge on any atom is 0.113 e. The summed E-state index contributed by atoms with van der Waals surface area (Å²) in [5, 5.41) is 13.7. The van der Waals surface area contributed by atoms with Gasteiger partial charge in [-0.25, -0.2) is 4.98 Å². The molecule has 1 aliphatic rings. The molecule has 2 N–H and O–H groups in total. The first-order chi connectivity index (χ1) is 9.09. The number of likely N-dealkylation sites (N-methyl/N-ethyl adjacent to an activating group) is 1. The maximum absolute atomic E-state index is 10.5. The monoisotopic (exact) mass is 285 g/mol. The molecule has 2 rings (SSSR count). The Bertz CT molecular complexity index is 389. The van der Waals surface area contributed by atoms with Gasteiger partial charge in [-0.15, -0.1) is 11.3 Å². The zero-order chi connectivity index (χ0) is 13.7. The predicted molar refractivity (Wildman–Crippen MR) is 76.7 cm³/mol. The molecule has 0 saturated carbocycles. The Morgan fingerprint density at radius 3 is 3.21 bits per heavy atom. The molecule has 2 heterocycles. The average molecular weight is 285 g/mol. The van der Waals surface area contributed by atoms with Crippen molar-refractivity contribution in [3.8, 4) is 0 Å². The molecule has 0 bridgehead atoms. The number of hydrogen-bond acceptors (Lipinski definition) is 6. The van der Waals surface area contributed by atoms with E-state index in [0.29, 0.717) is 26.3 Å². The van der Waals surface area contributed by atoms with E-state index in [9.17, 15) is 5.11 Å². The van der Waals surface area contributed by atoms with Gasteiger partial charge in [0.25, 0.3) is 0 Å². The molecule has 1 aromatic heterocycles. The van der Waals surface area contributed by atoms with Crippen molar-refractivity contribution in [1.29, 1.82) is 0 Å². The van der Waals surface area contributed by atoms with Gasteiger partial charge in [-0.2, -0.15) is 0 Å². The fourth-order valence-electron chi connectivity index (χ4n) is 2.32. The van der Waals surface area contributed by atoms with Crippen LogP contribution in [0.4, 0.5) is 0 Å². The van der Waals surface area contributed by atoms with Gasteiger partial charge in [0.05, 0.1) is 24.4 Å². The number of thiazole rings is 1. The van der Waals surface area contributed by atoms with Crippen LogP contribution in [-0.2, 0) is 11.2 Å². The molecule has 0 radical (unpaired) electrons. The summed E-state index contributed by atoms with van der Waals surface area (Å²) >= 11 is 1.70. The van der Waals surface area contributed by atoms with Gasteiger partial charge >= 0.3 is 0 Å². The van der Waals surface area contributed by atoms with E-state index in [1.807, 2.05) is 19.5 Å². The van der Waals surface area contributed by atoms with Crippen molar-refractivity contribution in [1.82, 2.24) is 15.2 Å². The number of aryl methyl sites for hydroxylation is 1. The van der Waals surface area contributed by atoms with E-state index in [1.54, 1.807) is 11.3 Å². The minimum Gasteiger partial charge on any atom is -0.385 e. The summed E-state index contributed by atoms with van der Waals surface area (Å²) in [4.78, 5) is 7.75. The third-order valence-electron chi connectivity index (χ3n) is 3.38. The minimum absolute atomic E-state index is 0.407. The lowest BCUT2D eigenvalue weighted by Gasteiger charge is -2.30. The van der Waals surface area contributed by atoms with Crippen LogP contribution in [0.3, 0.4) is 0 Å². The number of ether oxygens (including phenoxy) is 1. The highest BCUT2D eigenvalue weighted by Crippen LogP contribution is 2.14. The predicted octanol–water partition coefficient (Wildman–Crippen LogP) is 0.277. The van der Waals surface area contributed by atoms with Gasteiger partial charge in [-0.1, -0.05) is 0 Å². The van der Waals surface area contributed by atoms with Gasteiger partial charge in [-0.05, 0) is 20.4 Å². The molecule has 1 atom stereocenters. The van der Waals surface area contributed by atoms with Crippen LogP contribution in [0, 0.1) is 6.92 Å². The smallest absolute Gasteiger partial charge is 0.113 e. The Kier molecular flexibility index (Phi) is 5.29. The largest absolute Gasteiger partial charge is 0.385 e. The summed E-state index contributed by atoms with van der Waals surface area (Å²) in [6, 6.07) is 0. The lowest BCUT2D eigenvalue weighted by atomic mass is 10.1. The van der Waals surface area contributed by atoms with E-state index >= 15 is 0 Å². The molecule has 0 spiro atoms. The summed E-state index contributed by atoms with van der Waals surface area (Å²) < 4.78 is 5.43. The number of aliphatic hydroxyl groups is 1. The van der Waals surface area contributed by atoms with Crippen molar-refractivity contribution in [2.45, 2.75) is 18.9 Å². The summed E-state index contributed by atoms with van der Waals surface area (Å²) in [6.45, 7) is 6.07. The third kappa shape index (κ3) is 4.50. The molecule has 0 aliphatic carbocycles. The van der Waals surface area contributed by atoms with E-state index in [4.69, 9.17) is 4.74 Å². The third-order valence-corrected chi connectivity index (χ3v) is 4.37. The number of β-amino-alcohol motifs (C(OH)–C–C–N with tert-alkyl or cyclic N) is 1. The van der Waals surface area contributed by atoms with Crippen molar-refractivity contribution in [2.24, 2.45) is 0 Å². The molecule has 1 saturated heterocycles. The second-order valence-corrected chi connectivity index (χ2v) is 6.24. The first-order valence-electron chi connectivity index (χ1n) is 6.67. The van der Waals surface area contributed by atoms with Crippen molar-refractivity contribution in [2.75, 3.05) is 46.4 Å².